The highest BCUT2D eigenvalue weighted by Gasteiger charge is 2.32. The van der Waals surface area contributed by atoms with Crippen LogP contribution in [-0.4, -0.2) is 41.7 Å². The summed E-state index contributed by atoms with van der Waals surface area (Å²) in [6.45, 7) is 1.86. The Hall–Kier alpha value is -3.74. The zero-order valence-corrected chi connectivity index (χ0v) is 16.7. The lowest BCUT2D eigenvalue weighted by Crippen LogP contribution is -2.39. The van der Waals surface area contributed by atoms with E-state index in [9.17, 15) is 4.79 Å². The topological polar surface area (TPSA) is 68.8 Å². The number of pyridine rings is 1. The van der Waals surface area contributed by atoms with E-state index in [1.807, 2.05) is 42.7 Å². The van der Waals surface area contributed by atoms with Gasteiger partial charge in [-0.2, -0.15) is 5.10 Å². The molecular weight excluding hydrogens is 376 g/mol. The Morgan fingerprint density at radius 2 is 2.03 bits per heavy atom. The minimum Gasteiger partial charge on any atom is -0.333 e. The zero-order chi connectivity index (χ0) is 20.5. The first-order valence-electron chi connectivity index (χ1n) is 9.94. The molecule has 1 amide bonds. The molecule has 4 heterocycles. The molecule has 0 aliphatic carbocycles. The number of amides is 1. The monoisotopic (exact) mass is 398 g/mol. The maximum Gasteiger partial charge on any atom is 0.257 e. The van der Waals surface area contributed by atoms with Crippen molar-refractivity contribution < 1.29 is 4.79 Å². The van der Waals surface area contributed by atoms with Gasteiger partial charge in [0, 0.05) is 51.1 Å². The van der Waals surface area contributed by atoms with E-state index in [4.69, 9.17) is 4.98 Å². The summed E-state index contributed by atoms with van der Waals surface area (Å²) in [5, 5.41) is 4.15. The van der Waals surface area contributed by atoms with Crippen LogP contribution in [0.3, 0.4) is 0 Å². The fraction of sp³-hybridized carbons (Fsp3) is 0.217. The Morgan fingerprint density at radius 3 is 2.83 bits per heavy atom. The summed E-state index contributed by atoms with van der Waals surface area (Å²) in [5.74, 6) is 0.949. The number of hydrogen-bond acceptors (Lipinski definition) is 4. The average molecular weight is 398 g/mol. The summed E-state index contributed by atoms with van der Waals surface area (Å²) in [7, 11) is 1.82. The number of rotatable bonds is 4. The Morgan fingerprint density at radius 1 is 1.13 bits per heavy atom. The Labute approximate surface area is 174 Å². The first-order valence-corrected chi connectivity index (χ1v) is 9.94. The molecule has 0 radical (unpaired) electrons. The van der Waals surface area contributed by atoms with E-state index in [1.54, 1.807) is 23.3 Å². The van der Waals surface area contributed by atoms with Crippen molar-refractivity contribution in [3.05, 3.63) is 102 Å². The molecule has 0 fully saturated rings. The molecule has 150 valence electrons. The van der Waals surface area contributed by atoms with Gasteiger partial charge in [-0.15, -0.1) is 0 Å². The third kappa shape index (κ3) is 3.39. The Kier molecular flexibility index (Phi) is 4.63. The molecule has 7 heteroatoms. The van der Waals surface area contributed by atoms with Crippen LogP contribution in [0, 0.1) is 0 Å². The van der Waals surface area contributed by atoms with Crippen molar-refractivity contribution >= 4 is 5.91 Å². The SMILES string of the molecule is Cn1cc(C(=O)N2Cc3ccccc3[C@@H](c3nccn3Cc3cccnc3)C2)cn1. The van der Waals surface area contributed by atoms with Gasteiger partial charge in [0.15, 0.2) is 0 Å². The summed E-state index contributed by atoms with van der Waals surface area (Å²) < 4.78 is 3.81. The van der Waals surface area contributed by atoms with Crippen LogP contribution in [0.15, 0.2) is 73.6 Å². The second-order valence-electron chi connectivity index (χ2n) is 7.61. The number of nitrogens with zero attached hydrogens (tertiary/aromatic N) is 6. The van der Waals surface area contributed by atoms with E-state index in [0.29, 0.717) is 25.2 Å². The van der Waals surface area contributed by atoms with Crippen LogP contribution in [0.2, 0.25) is 0 Å². The number of aromatic nitrogens is 5. The molecule has 0 spiro atoms. The van der Waals surface area contributed by atoms with Gasteiger partial charge in [-0.1, -0.05) is 30.3 Å². The van der Waals surface area contributed by atoms with Crippen LogP contribution in [0.25, 0.3) is 0 Å². The van der Waals surface area contributed by atoms with Gasteiger partial charge < -0.3 is 9.47 Å². The number of carbonyl (C=O) groups is 1. The van der Waals surface area contributed by atoms with Gasteiger partial charge in [0.25, 0.3) is 5.91 Å². The molecule has 7 nitrogen and oxygen atoms in total. The molecule has 0 saturated carbocycles. The second kappa shape index (κ2) is 7.59. The predicted octanol–water partition coefficient (Wildman–Crippen LogP) is 2.85. The standard InChI is InChI=1S/C23H22N6O/c1-27-14-19(12-26-27)23(30)29-15-18-6-2-3-7-20(18)21(16-29)22-25-9-10-28(22)13-17-5-4-8-24-11-17/h2-12,14,21H,13,15-16H2,1H3/t21-/m0/s1. The van der Waals surface area contributed by atoms with Gasteiger partial charge in [0.2, 0.25) is 0 Å². The van der Waals surface area contributed by atoms with Crippen molar-refractivity contribution in [2.75, 3.05) is 6.54 Å². The van der Waals surface area contributed by atoms with Crippen LogP contribution < -0.4 is 0 Å². The molecule has 1 aliphatic rings. The Bertz CT molecular complexity index is 1180. The van der Waals surface area contributed by atoms with Gasteiger partial charge in [0.05, 0.1) is 24.2 Å². The van der Waals surface area contributed by atoms with Gasteiger partial charge >= 0.3 is 0 Å². The minimum atomic E-state index is -0.00651. The molecular formula is C23H22N6O. The number of hydrogen-bond donors (Lipinski definition) is 0. The van der Waals surface area contributed by atoms with E-state index in [-0.39, 0.29) is 11.8 Å². The molecule has 1 aromatic carbocycles. The third-order valence-corrected chi connectivity index (χ3v) is 5.57. The van der Waals surface area contributed by atoms with Crippen molar-refractivity contribution in [1.29, 1.82) is 0 Å². The third-order valence-electron chi connectivity index (χ3n) is 5.57. The van der Waals surface area contributed by atoms with Gasteiger partial charge in [0.1, 0.15) is 5.82 Å². The fourth-order valence-electron chi connectivity index (χ4n) is 4.15. The van der Waals surface area contributed by atoms with Crippen LogP contribution in [0.4, 0.5) is 0 Å². The maximum atomic E-state index is 13.2. The van der Waals surface area contributed by atoms with E-state index in [2.05, 4.69) is 38.9 Å². The molecule has 0 N–H and O–H groups in total. The number of fused-ring (bicyclic) bond motifs is 1. The van der Waals surface area contributed by atoms with Gasteiger partial charge in [-0.05, 0) is 22.8 Å². The molecule has 1 aliphatic heterocycles. The highest BCUT2D eigenvalue weighted by Crippen LogP contribution is 2.33. The molecule has 4 aromatic rings. The molecule has 30 heavy (non-hydrogen) atoms. The maximum absolute atomic E-state index is 13.2. The first-order chi connectivity index (χ1) is 14.7. The van der Waals surface area contributed by atoms with Crippen LogP contribution >= 0.6 is 0 Å². The van der Waals surface area contributed by atoms with Crippen LogP contribution in [0.1, 0.15) is 38.8 Å². The van der Waals surface area contributed by atoms with Crippen molar-refractivity contribution in [3.8, 4) is 0 Å². The van der Waals surface area contributed by atoms with E-state index in [1.165, 1.54) is 5.56 Å². The summed E-state index contributed by atoms with van der Waals surface area (Å²) in [4.78, 5) is 24.0. The molecule has 0 bridgehead atoms. The second-order valence-corrected chi connectivity index (χ2v) is 7.61. The van der Waals surface area contributed by atoms with Crippen molar-refractivity contribution in [3.63, 3.8) is 0 Å². The highest BCUT2D eigenvalue weighted by atomic mass is 16.2. The van der Waals surface area contributed by atoms with Crippen molar-refractivity contribution in [1.82, 2.24) is 29.2 Å². The lowest BCUT2D eigenvalue weighted by molar-refractivity contribution is 0.0723. The van der Waals surface area contributed by atoms with Gasteiger partial charge in [-0.3, -0.25) is 14.5 Å². The molecule has 0 unspecified atom stereocenters. The average Bonchev–Trinajstić information content (AvgIpc) is 3.42. The first kappa shape index (κ1) is 18.3. The molecule has 0 saturated heterocycles. The minimum absolute atomic E-state index is 0.00208. The lowest BCUT2D eigenvalue weighted by atomic mass is 9.88. The number of imidazole rings is 1. The molecule has 1 atom stereocenters. The smallest absolute Gasteiger partial charge is 0.257 e. The van der Waals surface area contributed by atoms with E-state index >= 15 is 0 Å². The van der Waals surface area contributed by atoms with Crippen molar-refractivity contribution in [2.24, 2.45) is 7.05 Å². The predicted molar refractivity (Wildman–Crippen MR) is 112 cm³/mol. The fourth-order valence-corrected chi connectivity index (χ4v) is 4.15. The van der Waals surface area contributed by atoms with Gasteiger partial charge in [-0.25, -0.2) is 4.98 Å². The highest BCUT2D eigenvalue weighted by molar-refractivity contribution is 5.94. The zero-order valence-electron chi connectivity index (χ0n) is 16.7. The van der Waals surface area contributed by atoms with Crippen LogP contribution in [0.5, 0.6) is 0 Å². The molecule has 5 rings (SSSR count). The summed E-state index contributed by atoms with van der Waals surface area (Å²) >= 11 is 0. The summed E-state index contributed by atoms with van der Waals surface area (Å²) in [6.07, 6.45) is 10.9. The number of aryl methyl sites for hydroxylation is 1. The quantitative estimate of drug-likeness (QED) is 0.530. The summed E-state index contributed by atoms with van der Waals surface area (Å²) in [6, 6.07) is 12.3. The molecule has 3 aromatic heterocycles. The Balaban J connectivity index is 1.50. The largest absolute Gasteiger partial charge is 0.333 e. The lowest BCUT2D eigenvalue weighted by Gasteiger charge is -2.34. The number of benzene rings is 1. The van der Waals surface area contributed by atoms with Crippen LogP contribution in [-0.2, 0) is 20.1 Å². The number of carbonyl (C=O) groups excluding carboxylic acids is 1. The van der Waals surface area contributed by atoms with E-state index in [0.717, 1.165) is 17.0 Å². The van der Waals surface area contributed by atoms with E-state index < -0.39 is 0 Å². The normalized spacial score (nSPS) is 15.8. The van der Waals surface area contributed by atoms with Crippen molar-refractivity contribution in [2.45, 2.75) is 19.0 Å². The summed E-state index contributed by atoms with van der Waals surface area (Å²) in [5.41, 5.74) is 4.10.